The van der Waals surface area contributed by atoms with Crippen LogP contribution in [0, 0.1) is 0 Å². The third-order valence-electron chi connectivity index (χ3n) is 3.91. The summed E-state index contributed by atoms with van der Waals surface area (Å²) in [6, 6.07) is 12.2. The van der Waals surface area contributed by atoms with Crippen LogP contribution in [0.3, 0.4) is 0 Å². The maximum atomic E-state index is 13.1. The maximum absolute atomic E-state index is 13.1. The molecule has 130 valence electrons. The fourth-order valence-electron chi connectivity index (χ4n) is 2.35. The van der Waals surface area contributed by atoms with E-state index in [2.05, 4.69) is 0 Å². The molecular weight excluding hydrogens is 326 g/mol. The van der Waals surface area contributed by atoms with Crippen LogP contribution in [0.2, 0.25) is 0 Å². The van der Waals surface area contributed by atoms with E-state index < -0.39 is 10.0 Å². The van der Waals surface area contributed by atoms with Gasteiger partial charge in [0.2, 0.25) is 0 Å². The Morgan fingerprint density at radius 1 is 1.00 bits per heavy atom. The number of hydrogen-bond donors (Lipinski definition) is 0. The van der Waals surface area contributed by atoms with Gasteiger partial charge in [-0.1, -0.05) is 26.0 Å². The van der Waals surface area contributed by atoms with Crippen molar-refractivity contribution >= 4 is 15.7 Å². The minimum Gasteiger partial charge on any atom is -0.497 e. The lowest BCUT2D eigenvalue weighted by Crippen LogP contribution is -2.27. The molecule has 0 aliphatic heterocycles. The largest absolute Gasteiger partial charge is 0.497 e. The molecule has 0 aliphatic carbocycles. The highest BCUT2D eigenvalue weighted by atomic mass is 32.2. The van der Waals surface area contributed by atoms with Crippen molar-refractivity contribution in [1.82, 2.24) is 0 Å². The summed E-state index contributed by atoms with van der Waals surface area (Å²) in [6.45, 7) is 4.04. The predicted molar refractivity (Wildman–Crippen MR) is 95.7 cm³/mol. The number of methoxy groups -OCH3 is 2. The molecule has 0 unspecified atom stereocenters. The lowest BCUT2D eigenvalue weighted by atomic mass is 10.0. The van der Waals surface area contributed by atoms with E-state index in [9.17, 15) is 8.42 Å². The van der Waals surface area contributed by atoms with Gasteiger partial charge in [-0.15, -0.1) is 0 Å². The van der Waals surface area contributed by atoms with E-state index >= 15 is 0 Å². The zero-order valence-corrected chi connectivity index (χ0v) is 15.4. The molecule has 0 aromatic heterocycles. The molecule has 2 aromatic carbocycles. The zero-order chi connectivity index (χ0) is 17.9. The highest BCUT2D eigenvalue weighted by Crippen LogP contribution is 2.32. The molecule has 0 aliphatic rings. The zero-order valence-electron chi connectivity index (χ0n) is 14.6. The third kappa shape index (κ3) is 3.48. The van der Waals surface area contributed by atoms with Gasteiger partial charge in [0.05, 0.1) is 19.9 Å². The predicted octanol–water partition coefficient (Wildman–Crippen LogP) is 3.65. The molecule has 0 fully saturated rings. The van der Waals surface area contributed by atoms with Gasteiger partial charge in [-0.2, -0.15) is 0 Å². The van der Waals surface area contributed by atoms with E-state index in [-0.39, 0.29) is 10.8 Å². The number of rotatable bonds is 6. The average Bonchev–Trinajstić information content (AvgIpc) is 2.60. The molecule has 0 spiro atoms. The van der Waals surface area contributed by atoms with E-state index in [4.69, 9.17) is 9.47 Å². The summed E-state index contributed by atoms with van der Waals surface area (Å²) in [5, 5.41) is 0. The van der Waals surface area contributed by atoms with Crippen LogP contribution in [-0.2, 0) is 10.0 Å². The van der Waals surface area contributed by atoms with Crippen LogP contribution in [0.1, 0.15) is 25.3 Å². The number of nitrogens with zero attached hydrogens (tertiary/aromatic N) is 1. The van der Waals surface area contributed by atoms with Gasteiger partial charge in [0, 0.05) is 13.1 Å². The molecule has 0 N–H and O–H groups in total. The molecule has 2 rings (SSSR count). The second-order valence-corrected chi connectivity index (χ2v) is 7.68. The minimum atomic E-state index is -3.76. The fourth-order valence-corrected chi connectivity index (χ4v) is 3.72. The Balaban J connectivity index is 2.54. The quantitative estimate of drug-likeness (QED) is 0.799. The Kier molecular flexibility index (Phi) is 5.39. The first-order valence-electron chi connectivity index (χ1n) is 7.62. The van der Waals surface area contributed by atoms with E-state index in [0.29, 0.717) is 17.2 Å². The van der Waals surface area contributed by atoms with Gasteiger partial charge < -0.3 is 9.47 Å². The topological polar surface area (TPSA) is 55.8 Å². The summed E-state index contributed by atoms with van der Waals surface area (Å²) in [4.78, 5) is 0.154. The second kappa shape index (κ2) is 7.13. The molecule has 0 amide bonds. The first kappa shape index (κ1) is 18.1. The SMILES string of the molecule is COc1cccc(N(C)S(=O)(=O)c2cc(C(C)C)ccc2OC)c1. The molecule has 0 saturated carbocycles. The average molecular weight is 349 g/mol. The highest BCUT2D eigenvalue weighted by Gasteiger charge is 2.26. The third-order valence-corrected chi connectivity index (χ3v) is 5.72. The summed E-state index contributed by atoms with van der Waals surface area (Å²) < 4.78 is 37.9. The van der Waals surface area contributed by atoms with Crippen molar-refractivity contribution in [3.63, 3.8) is 0 Å². The fraction of sp³-hybridized carbons (Fsp3) is 0.333. The summed E-state index contributed by atoms with van der Waals surface area (Å²) in [5.74, 6) is 1.14. The Morgan fingerprint density at radius 3 is 2.29 bits per heavy atom. The molecule has 5 nitrogen and oxygen atoms in total. The number of hydrogen-bond acceptors (Lipinski definition) is 4. The van der Waals surface area contributed by atoms with Crippen molar-refractivity contribution in [1.29, 1.82) is 0 Å². The van der Waals surface area contributed by atoms with Gasteiger partial charge >= 0.3 is 0 Å². The number of sulfonamides is 1. The van der Waals surface area contributed by atoms with Gasteiger partial charge in [-0.25, -0.2) is 8.42 Å². The Bertz CT molecular complexity index is 816. The Hall–Kier alpha value is -2.21. The Morgan fingerprint density at radius 2 is 1.71 bits per heavy atom. The van der Waals surface area contributed by atoms with Crippen molar-refractivity contribution < 1.29 is 17.9 Å². The smallest absolute Gasteiger partial charge is 0.267 e. The molecule has 0 atom stereocenters. The molecule has 2 aromatic rings. The van der Waals surface area contributed by atoms with Crippen molar-refractivity contribution in [2.75, 3.05) is 25.6 Å². The molecule has 0 radical (unpaired) electrons. The number of ether oxygens (including phenoxy) is 2. The lowest BCUT2D eigenvalue weighted by molar-refractivity contribution is 0.402. The summed E-state index contributed by atoms with van der Waals surface area (Å²) in [6.07, 6.45) is 0. The monoisotopic (exact) mass is 349 g/mol. The summed E-state index contributed by atoms with van der Waals surface area (Å²) in [7, 11) is 0.768. The van der Waals surface area contributed by atoms with Crippen LogP contribution in [0.5, 0.6) is 11.5 Å². The second-order valence-electron chi connectivity index (χ2n) is 5.74. The lowest BCUT2D eigenvalue weighted by Gasteiger charge is -2.22. The minimum absolute atomic E-state index is 0.154. The van der Waals surface area contributed by atoms with Crippen LogP contribution in [0.4, 0.5) is 5.69 Å². The van der Waals surface area contributed by atoms with Crippen LogP contribution < -0.4 is 13.8 Å². The molecule has 0 saturated heterocycles. The van der Waals surface area contributed by atoms with Crippen LogP contribution in [0.15, 0.2) is 47.4 Å². The van der Waals surface area contributed by atoms with Crippen LogP contribution in [0.25, 0.3) is 0 Å². The first-order chi connectivity index (χ1) is 11.3. The standard InChI is InChI=1S/C18H23NO4S/c1-13(2)14-9-10-17(23-5)18(11-14)24(20,21)19(3)15-7-6-8-16(12-15)22-4/h6-13H,1-5H3. The maximum Gasteiger partial charge on any atom is 0.267 e. The van der Waals surface area contributed by atoms with Crippen LogP contribution >= 0.6 is 0 Å². The summed E-state index contributed by atoms with van der Waals surface area (Å²) in [5.41, 5.74) is 1.46. The van der Waals surface area contributed by atoms with Crippen LogP contribution in [-0.4, -0.2) is 29.7 Å². The highest BCUT2D eigenvalue weighted by molar-refractivity contribution is 7.92. The number of benzene rings is 2. The van der Waals surface area contributed by atoms with Crippen molar-refractivity contribution in [2.45, 2.75) is 24.7 Å². The van der Waals surface area contributed by atoms with Gasteiger partial charge in [0.15, 0.2) is 0 Å². The van der Waals surface area contributed by atoms with E-state index in [1.807, 2.05) is 19.9 Å². The molecule has 0 heterocycles. The number of anilines is 1. The van der Waals surface area contributed by atoms with Crippen molar-refractivity contribution in [3.8, 4) is 11.5 Å². The first-order valence-corrected chi connectivity index (χ1v) is 9.06. The molecule has 0 bridgehead atoms. The Labute approximate surface area is 143 Å². The van der Waals surface area contributed by atoms with Gasteiger partial charge in [0.1, 0.15) is 16.4 Å². The molecule has 6 heteroatoms. The van der Waals surface area contributed by atoms with Crippen molar-refractivity contribution in [3.05, 3.63) is 48.0 Å². The van der Waals surface area contributed by atoms with E-state index in [0.717, 1.165) is 5.56 Å². The molecule has 24 heavy (non-hydrogen) atoms. The van der Waals surface area contributed by atoms with E-state index in [1.165, 1.54) is 18.5 Å². The van der Waals surface area contributed by atoms with E-state index in [1.54, 1.807) is 43.5 Å². The van der Waals surface area contributed by atoms with Crippen molar-refractivity contribution in [2.24, 2.45) is 0 Å². The molecular formula is C18H23NO4S. The summed E-state index contributed by atoms with van der Waals surface area (Å²) >= 11 is 0. The van der Waals surface area contributed by atoms with Gasteiger partial charge in [0.25, 0.3) is 10.0 Å². The van der Waals surface area contributed by atoms with Gasteiger partial charge in [-0.05, 0) is 35.7 Å². The normalized spacial score (nSPS) is 11.4. The van der Waals surface area contributed by atoms with Gasteiger partial charge in [-0.3, -0.25) is 4.31 Å².